The van der Waals surface area contributed by atoms with Crippen LogP contribution < -0.4 is 4.90 Å². The largest absolute Gasteiger partial charge is 0.331 e. The van der Waals surface area contributed by atoms with E-state index in [1.165, 1.54) is 12.5 Å². The predicted molar refractivity (Wildman–Crippen MR) is 84.4 cm³/mol. The number of nitrogens with zero attached hydrogens (tertiary/aromatic N) is 2. The van der Waals surface area contributed by atoms with Crippen LogP contribution in [0.2, 0.25) is 0 Å². The summed E-state index contributed by atoms with van der Waals surface area (Å²) in [6, 6.07) is 8.12. The first-order valence-electron chi connectivity index (χ1n) is 7.41. The third-order valence-corrected chi connectivity index (χ3v) is 4.00. The van der Waals surface area contributed by atoms with Crippen LogP contribution in [0.5, 0.6) is 0 Å². The average molecular weight is 288 g/mol. The molecular formula is C17H24N2O2. The highest BCUT2D eigenvalue weighted by molar-refractivity contribution is 5.99. The maximum absolute atomic E-state index is 12.5. The van der Waals surface area contributed by atoms with Crippen molar-refractivity contribution in [2.24, 2.45) is 0 Å². The van der Waals surface area contributed by atoms with Gasteiger partial charge in [0, 0.05) is 19.2 Å². The van der Waals surface area contributed by atoms with Gasteiger partial charge >= 0.3 is 0 Å². The summed E-state index contributed by atoms with van der Waals surface area (Å²) in [6.07, 6.45) is 0. The van der Waals surface area contributed by atoms with Crippen LogP contribution in [0.25, 0.3) is 0 Å². The first-order chi connectivity index (χ1) is 9.72. The third kappa shape index (κ3) is 3.09. The lowest BCUT2D eigenvalue weighted by Gasteiger charge is -2.46. The number of rotatable bonds is 2. The maximum Gasteiger partial charge on any atom is 0.247 e. The molecule has 114 valence electrons. The van der Waals surface area contributed by atoms with Crippen molar-refractivity contribution in [1.82, 2.24) is 4.90 Å². The van der Waals surface area contributed by atoms with Gasteiger partial charge in [0.2, 0.25) is 11.8 Å². The molecule has 1 aliphatic rings. The molecule has 0 N–H and O–H groups in total. The van der Waals surface area contributed by atoms with Crippen molar-refractivity contribution in [3.63, 3.8) is 0 Å². The van der Waals surface area contributed by atoms with Gasteiger partial charge in [-0.05, 0) is 37.5 Å². The van der Waals surface area contributed by atoms with Crippen molar-refractivity contribution in [3.8, 4) is 0 Å². The quantitative estimate of drug-likeness (QED) is 0.839. The summed E-state index contributed by atoms with van der Waals surface area (Å²) in [7, 11) is 0. The van der Waals surface area contributed by atoms with Crippen molar-refractivity contribution in [2.75, 3.05) is 18.0 Å². The van der Waals surface area contributed by atoms with Gasteiger partial charge in [-0.1, -0.05) is 26.0 Å². The van der Waals surface area contributed by atoms with Crippen molar-refractivity contribution >= 4 is 17.5 Å². The first-order valence-corrected chi connectivity index (χ1v) is 7.41. The van der Waals surface area contributed by atoms with Crippen LogP contribution in [-0.4, -0.2) is 35.3 Å². The Balaban J connectivity index is 2.37. The fourth-order valence-electron chi connectivity index (χ4n) is 2.90. The minimum Gasteiger partial charge on any atom is -0.331 e. The molecule has 0 aliphatic carbocycles. The molecule has 0 bridgehead atoms. The van der Waals surface area contributed by atoms with Crippen LogP contribution in [0.3, 0.4) is 0 Å². The minimum absolute atomic E-state index is 0.0256. The summed E-state index contributed by atoms with van der Waals surface area (Å²) in [4.78, 5) is 27.6. The minimum atomic E-state index is -0.406. The van der Waals surface area contributed by atoms with Crippen LogP contribution >= 0.6 is 0 Å². The zero-order valence-corrected chi connectivity index (χ0v) is 13.5. The Kier molecular flexibility index (Phi) is 4.08. The molecule has 1 aromatic carbocycles. The molecule has 0 aromatic heterocycles. The van der Waals surface area contributed by atoms with E-state index >= 15 is 0 Å². The van der Waals surface area contributed by atoms with Crippen molar-refractivity contribution < 1.29 is 9.59 Å². The van der Waals surface area contributed by atoms with E-state index in [0.29, 0.717) is 12.5 Å². The van der Waals surface area contributed by atoms with Gasteiger partial charge in [0.1, 0.15) is 6.54 Å². The van der Waals surface area contributed by atoms with Gasteiger partial charge in [-0.3, -0.25) is 9.59 Å². The normalized spacial score (nSPS) is 18.3. The van der Waals surface area contributed by atoms with E-state index in [1.807, 2.05) is 30.9 Å². The van der Waals surface area contributed by atoms with Crippen molar-refractivity contribution in [2.45, 2.75) is 46.1 Å². The molecule has 1 saturated heterocycles. The second-order valence-corrected chi connectivity index (χ2v) is 6.67. The van der Waals surface area contributed by atoms with Gasteiger partial charge in [-0.25, -0.2) is 0 Å². The lowest BCUT2D eigenvalue weighted by Crippen LogP contribution is -2.63. The van der Waals surface area contributed by atoms with E-state index in [0.717, 1.165) is 5.69 Å². The first kappa shape index (κ1) is 15.5. The van der Waals surface area contributed by atoms with Crippen molar-refractivity contribution in [3.05, 3.63) is 29.8 Å². The number of anilines is 1. The fraction of sp³-hybridized carbons (Fsp3) is 0.529. The SMILES string of the molecule is CC(=O)N1CC(=O)N(c2cccc(C(C)C)c2)C(C)(C)C1. The van der Waals surface area contributed by atoms with Gasteiger partial charge in [0.05, 0.1) is 5.54 Å². The monoisotopic (exact) mass is 288 g/mol. The van der Waals surface area contributed by atoms with Crippen LogP contribution in [0.15, 0.2) is 24.3 Å². The zero-order valence-electron chi connectivity index (χ0n) is 13.5. The Labute approximate surface area is 126 Å². The van der Waals surface area contributed by atoms with Gasteiger partial charge in [0.25, 0.3) is 0 Å². The molecule has 1 aromatic rings. The highest BCUT2D eigenvalue weighted by Gasteiger charge is 2.40. The molecule has 4 heteroatoms. The number of hydrogen-bond donors (Lipinski definition) is 0. The molecule has 0 spiro atoms. The number of benzene rings is 1. The van der Waals surface area contributed by atoms with Gasteiger partial charge < -0.3 is 9.80 Å². The molecule has 1 heterocycles. The van der Waals surface area contributed by atoms with Gasteiger partial charge in [-0.2, -0.15) is 0 Å². The Morgan fingerprint density at radius 1 is 1.29 bits per heavy atom. The summed E-state index contributed by atoms with van der Waals surface area (Å²) in [5.74, 6) is 0.344. The Bertz CT molecular complexity index is 564. The number of carbonyl (C=O) groups is 2. The Morgan fingerprint density at radius 3 is 2.48 bits per heavy atom. The molecule has 2 rings (SSSR count). The second kappa shape index (κ2) is 5.51. The van der Waals surface area contributed by atoms with Gasteiger partial charge in [-0.15, -0.1) is 0 Å². The molecule has 0 radical (unpaired) electrons. The van der Waals surface area contributed by atoms with Crippen molar-refractivity contribution in [1.29, 1.82) is 0 Å². The van der Waals surface area contributed by atoms with E-state index in [4.69, 9.17) is 0 Å². The smallest absolute Gasteiger partial charge is 0.247 e. The third-order valence-electron chi connectivity index (χ3n) is 4.00. The maximum atomic E-state index is 12.5. The summed E-state index contributed by atoms with van der Waals surface area (Å²) in [5.41, 5.74) is 1.72. The van der Waals surface area contributed by atoms with Crippen LogP contribution in [0.4, 0.5) is 5.69 Å². The average Bonchev–Trinajstić information content (AvgIpc) is 2.37. The highest BCUT2D eigenvalue weighted by Crippen LogP contribution is 2.30. The molecule has 2 amide bonds. The zero-order chi connectivity index (χ0) is 15.8. The van der Waals surface area contributed by atoms with E-state index < -0.39 is 5.54 Å². The predicted octanol–water partition coefficient (Wildman–Crippen LogP) is 2.78. The molecule has 1 aliphatic heterocycles. The summed E-state index contributed by atoms with van der Waals surface area (Å²) < 4.78 is 0. The molecule has 0 saturated carbocycles. The summed E-state index contributed by atoms with van der Waals surface area (Å²) in [6.45, 7) is 10.5. The standard InChI is InChI=1S/C17H24N2O2/c1-12(2)14-7-6-8-15(9-14)19-16(21)10-18(13(3)20)11-17(19,4)5/h6-9,12H,10-11H2,1-5H3. The highest BCUT2D eigenvalue weighted by atomic mass is 16.2. The van der Waals surface area contributed by atoms with E-state index in [9.17, 15) is 9.59 Å². The lowest BCUT2D eigenvalue weighted by molar-refractivity contribution is -0.137. The molecule has 21 heavy (non-hydrogen) atoms. The van der Waals surface area contributed by atoms with Crippen LogP contribution in [-0.2, 0) is 9.59 Å². The Morgan fingerprint density at radius 2 is 1.95 bits per heavy atom. The molecule has 0 unspecified atom stereocenters. The number of carbonyl (C=O) groups excluding carboxylic acids is 2. The fourth-order valence-corrected chi connectivity index (χ4v) is 2.90. The van der Waals surface area contributed by atoms with Crippen LogP contribution in [0.1, 0.15) is 46.1 Å². The molecular weight excluding hydrogens is 264 g/mol. The second-order valence-electron chi connectivity index (χ2n) is 6.67. The Hall–Kier alpha value is -1.84. The topological polar surface area (TPSA) is 40.6 Å². The van der Waals surface area contributed by atoms with E-state index in [2.05, 4.69) is 26.0 Å². The number of piperazine rings is 1. The van der Waals surface area contributed by atoms with E-state index in [1.54, 1.807) is 4.90 Å². The summed E-state index contributed by atoms with van der Waals surface area (Å²) >= 11 is 0. The summed E-state index contributed by atoms with van der Waals surface area (Å²) in [5, 5.41) is 0. The van der Waals surface area contributed by atoms with Crippen LogP contribution in [0, 0.1) is 0 Å². The molecule has 1 fully saturated rings. The lowest BCUT2D eigenvalue weighted by atomic mass is 9.95. The molecule has 4 nitrogen and oxygen atoms in total. The number of hydrogen-bond acceptors (Lipinski definition) is 2. The van der Waals surface area contributed by atoms with E-state index in [-0.39, 0.29) is 18.4 Å². The van der Waals surface area contributed by atoms with Gasteiger partial charge in [0.15, 0.2) is 0 Å². The molecule has 0 atom stereocenters. The number of amides is 2.